The molecule has 24 heavy (non-hydrogen) atoms. The van der Waals surface area contributed by atoms with Crippen molar-refractivity contribution in [1.82, 2.24) is 9.88 Å². The topological polar surface area (TPSA) is 36.4 Å². The summed E-state index contributed by atoms with van der Waals surface area (Å²) in [5.41, 5.74) is -4.02. The molecule has 128 valence electrons. The highest BCUT2D eigenvalue weighted by Gasteiger charge is 2.71. The molecule has 2 saturated heterocycles. The summed E-state index contributed by atoms with van der Waals surface area (Å²) in [6.07, 6.45) is 1.67. The number of hydrogen-bond acceptors (Lipinski definition) is 5. The first-order chi connectivity index (χ1) is 11.3. The minimum absolute atomic E-state index is 0.0898. The Balaban J connectivity index is 1.60. The Morgan fingerprint density at radius 2 is 2.08 bits per heavy atom. The normalized spacial score (nSPS) is 30.3. The van der Waals surface area contributed by atoms with Crippen LogP contribution in [0, 0.1) is 13.8 Å². The lowest BCUT2D eigenvalue weighted by Gasteiger charge is -2.21. The maximum atomic E-state index is 15.4. The summed E-state index contributed by atoms with van der Waals surface area (Å²) in [6.45, 7) is 3.63. The molecule has 0 unspecified atom stereocenters. The van der Waals surface area contributed by atoms with Crippen molar-refractivity contribution >= 4 is 34.3 Å². The predicted octanol–water partition coefficient (Wildman–Crippen LogP) is 3.10. The fourth-order valence-corrected chi connectivity index (χ4v) is 5.26. The Bertz CT molecular complexity index is 793. The molecule has 1 amide bonds. The number of thiazole rings is 1. The standard InChI is InChI=1S/C16H17F2N3OS2/c1-10-5-12(11(2)24-10)21-8-15(17)7-20(6-13-19-3-4-23-13)9-16(15,18)14(21)22/h3-5H,6-9H2,1-2H3/t15-,16+/m0/s1. The van der Waals surface area contributed by atoms with Crippen LogP contribution in [0.4, 0.5) is 14.5 Å². The number of aromatic nitrogens is 1. The maximum absolute atomic E-state index is 15.4. The van der Waals surface area contributed by atoms with E-state index < -0.39 is 17.2 Å². The molecule has 0 aromatic carbocycles. The van der Waals surface area contributed by atoms with E-state index in [-0.39, 0.29) is 19.6 Å². The third kappa shape index (κ3) is 2.23. The van der Waals surface area contributed by atoms with Gasteiger partial charge in [0.2, 0.25) is 5.67 Å². The van der Waals surface area contributed by atoms with E-state index in [0.29, 0.717) is 12.2 Å². The van der Waals surface area contributed by atoms with E-state index in [2.05, 4.69) is 4.98 Å². The summed E-state index contributed by atoms with van der Waals surface area (Å²) in [4.78, 5) is 21.7. The van der Waals surface area contributed by atoms with Crippen LogP contribution in [0.2, 0.25) is 0 Å². The lowest BCUT2D eigenvalue weighted by atomic mass is 9.93. The second-order valence-electron chi connectivity index (χ2n) is 6.53. The highest BCUT2D eigenvalue weighted by molar-refractivity contribution is 7.12. The first-order valence-electron chi connectivity index (χ1n) is 7.70. The van der Waals surface area contributed by atoms with Gasteiger partial charge in [0.05, 0.1) is 18.8 Å². The van der Waals surface area contributed by atoms with Crippen molar-refractivity contribution in [3.8, 4) is 0 Å². The smallest absolute Gasteiger partial charge is 0.269 e. The highest BCUT2D eigenvalue weighted by Crippen LogP contribution is 2.48. The summed E-state index contributed by atoms with van der Waals surface area (Å²) in [5, 5.41) is 2.63. The van der Waals surface area contributed by atoms with Gasteiger partial charge in [-0.2, -0.15) is 0 Å². The molecule has 0 bridgehead atoms. The number of nitrogens with zero attached hydrogens (tertiary/aromatic N) is 3. The van der Waals surface area contributed by atoms with Crippen LogP contribution in [0.3, 0.4) is 0 Å². The van der Waals surface area contributed by atoms with Crippen LogP contribution < -0.4 is 4.90 Å². The molecule has 0 radical (unpaired) electrons. The van der Waals surface area contributed by atoms with Gasteiger partial charge in [-0.3, -0.25) is 9.69 Å². The van der Waals surface area contributed by atoms with Crippen LogP contribution in [0.5, 0.6) is 0 Å². The summed E-state index contributed by atoms with van der Waals surface area (Å²) in [6, 6.07) is 1.83. The number of thiophene rings is 1. The van der Waals surface area contributed by atoms with Crippen LogP contribution >= 0.6 is 22.7 Å². The number of rotatable bonds is 3. The van der Waals surface area contributed by atoms with Crippen LogP contribution in [0.15, 0.2) is 17.6 Å². The van der Waals surface area contributed by atoms with Crippen LogP contribution in [0.25, 0.3) is 0 Å². The van der Waals surface area contributed by atoms with E-state index in [1.807, 2.05) is 25.3 Å². The van der Waals surface area contributed by atoms with Gasteiger partial charge in [-0.25, -0.2) is 13.8 Å². The van der Waals surface area contributed by atoms with E-state index in [1.165, 1.54) is 27.6 Å². The fourth-order valence-electron chi connectivity index (χ4n) is 3.67. The fraction of sp³-hybridized carbons (Fsp3) is 0.500. The van der Waals surface area contributed by atoms with Gasteiger partial charge in [0, 0.05) is 34.4 Å². The molecule has 2 atom stereocenters. The summed E-state index contributed by atoms with van der Waals surface area (Å²) < 4.78 is 30.8. The Kier molecular flexibility index (Phi) is 3.56. The van der Waals surface area contributed by atoms with Gasteiger partial charge in [0.15, 0.2) is 5.67 Å². The van der Waals surface area contributed by atoms with Crippen molar-refractivity contribution in [2.24, 2.45) is 0 Å². The Labute approximate surface area is 146 Å². The van der Waals surface area contributed by atoms with Gasteiger partial charge in [-0.1, -0.05) is 0 Å². The van der Waals surface area contributed by atoms with E-state index in [1.54, 1.807) is 11.1 Å². The third-order valence-electron chi connectivity index (χ3n) is 4.77. The molecule has 4 heterocycles. The lowest BCUT2D eigenvalue weighted by molar-refractivity contribution is -0.130. The number of carbonyl (C=O) groups is 1. The van der Waals surface area contributed by atoms with Crippen molar-refractivity contribution in [2.45, 2.75) is 31.7 Å². The molecule has 0 aliphatic carbocycles. The zero-order valence-electron chi connectivity index (χ0n) is 13.4. The molecule has 2 aliphatic heterocycles. The quantitative estimate of drug-likeness (QED) is 0.834. The predicted molar refractivity (Wildman–Crippen MR) is 91.2 cm³/mol. The third-order valence-corrected chi connectivity index (χ3v) is 6.49. The van der Waals surface area contributed by atoms with E-state index >= 15 is 8.78 Å². The largest absolute Gasteiger partial charge is 0.305 e. The van der Waals surface area contributed by atoms with Gasteiger partial charge < -0.3 is 4.90 Å². The Morgan fingerprint density at radius 3 is 2.67 bits per heavy atom. The SMILES string of the molecule is Cc1cc(N2C[C@@]3(F)CN(Cc4nccs4)C[C@@]3(F)C2=O)c(C)s1. The number of likely N-dealkylation sites (tertiary alicyclic amines) is 1. The van der Waals surface area contributed by atoms with Crippen molar-refractivity contribution in [3.63, 3.8) is 0 Å². The van der Waals surface area contributed by atoms with Crippen LogP contribution in [-0.4, -0.2) is 46.8 Å². The van der Waals surface area contributed by atoms with Gasteiger partial charge in [-0.05, 0) is 19.9 Å². The number of aryl methyl sites for hydroxylation is 2. The number of anilines is 1. The second kappa shape index (κ2) is 5.31. The molecule has 4 nitrogen and oxygen atoms in total. The molecular formula is C16H17F2N3OS2. The number of halogens is 2. The van der Waals surface area contributed by atoms with Gasteiger partial charge in [0.25, 0.3) is 5.91 Å². The molecule has 2 aromatic rings. The minimum atomic E-state index is -2.48. The molecule has 0 N–H and O–H groups in total. The molecule has 0 saturated carbocycles. The monoisotopic (exact) mass is 369 g/mol. The molecule has 0 spiro atoms. The molecular weight excluding hydrogens is 352 g/mol. The molecule has 2 aliphatic rings. The number of fused-ring (bicyclic) bond motifs is 1. The number of hydrogen-bond donors (Lipinski definition) is 0. The summed E-state index contributed by atoms with van der Waals surface area (Å²) in [7, 11) is 0. The second-order valence-corrected chi connectivity index (χ2v) is 8.97. The van der Waals surface area contributed by atoms with Crippen molar-refractivity contribution < 1.29 is 13.6 Å². The zero-order valence-corrected chi connectivity index (χ0v) is 15.0. The molecule has 2 fully saturated rings. The van der Waals surface area contributed by atoms with E-state index in [4.69, 9.17) is 0 Å². The van der Waals surface area contributed by atoms with Crippen molar-refractivity contribution in [1.29, 1.82) is 0 Å². The molecule has 8 heteroatoms. The van der Waals surface area contributed by atoms with E-state index in [9.17, 15) is 4.79 Å². The number of alkyl halides is 2. The van der Waals surface area contributed by atoms with Crippen LogP contribution in [0.1, 0.15) is 14.8 Å². The average molecular weight is 369 g/mol. The highest BCUT2D eigenvalue weighted by atomic mass is 32.1. The summed E-state index contributed by atoms with van der Waals surface area (Å²) >= 11 is 2.98. The molecule has 4 rings (SSSR count). The Morgan fingerprint density at radius 1 is 1.29 bits per heavy atom. The van der Waals surface area contributed by atoms with Crippen molar-refractivity contribution in [2.75, 3.05) is 24.5 Å². The Hall–Kier alpha value is -1.38. The van der Waals surface area contributed by atoms with Gasteiger partial charge >= 0.3 is 0 Å². The molecule has 2 aromatic heterocycles. The van der Waals surface area contributed by atoms with Crippen molar-refractivity contribution in [3.05, 3.63) is 32.4 Å². The summed E-state index contributed by atoms with van der Waals surface area (Å²) in [5.74, 6) is -0.757. The van der Waals surface area contributed by atoms with Gasteiger partial charge in [-0.15, -0.1) is 22.7 Å². The van der Waals surface area contributed by atoms with Gasteiger partial charge in [0.1, 0.15) is 5.01 Å². The first kappa shape index (κ1) is 16.1. The number of amides is 1. The first-order valence-corrected chi connectivity index (χ1v) is 9.40. The average Bonchev–Trinajstić information content (AvgIpc) is 3.20. The van der Waals surface area contributed by atoms with Crippen LogP contribution in [-0.2, 0) is 11.3 Å². The zero-order chi connectivity index (χ0) is 17.1. The lowest BCUT2D eigenvalue weighted by Crippen LogP contribution is -2.47. The minimum Gasteiger partial charge on any atom is -0.305 e. The number of carbonyl (C=O) groups excluding carboxylic acids is 1. The van der Waals surface area contributed by atoms with E-state index in [0.717, 1.165) is 14.8 Å². The maximum Gasteiger partial charge on any atom is 0.269 e.